The Hall–Kier alpha value is -1.45. The minimum absolute atomic E-state index is 0.350. The summed E-state index contributed by atoms with van der Waals surface area (Å²) in [6.07, 6.45) is 0.0632. The number of aliphatic hydroxyl groups excluding tert-OH is 1. The van der Waals surface area contributed by atoms with Crippen molar-refractivity contribution in [2.24, 2.45) is 0 Å². The summed E-state index contributed by atoms with van der Waals surface area (Å²) in [4.78, 5) is 10.3. The van der Waals surface area contributed by atoms with Crippen molar-refractivity contribution in [1.82, 2.24) is 0 Å². The van der Waals surface area contributed by atoms with Crippen LogP contribution in [0.2, 0.25) is 0 Å². The summed E-state index contributed by atoms with van der Waals surface area (Å²) in [7, 11) is 0. The molecule has 1 N–H and O–H groups in total. The Balaban J connectivity index is 2.48. The molecule has 80 valence electrons. The van der Waals surface area contributed by atoms with E-state index in [9.17, 15) is 9.90 Å². The van der Waals surface area contributed by atoms with E-state index < -0.39 is 12.2 Å². The van der Waals surface area contributed by atoms with Crippen molar-refractivity contribution >= 4 is 6.29 Å². The second kappa shape index (κ2) is 6.11. The van der Waals surface area contributed by atoms with Gasteiger partial charge in [-0.2, -0.15) is 0 Å². The molecule has 0 radical (unpaired) electrons. The molecule has 1 aromatic rings. The summed E-state index contributed by atoms with van der Waals surface area (Å²) in [5.74, 6) is 0. The molecule has 0 aromatic heterocycles. The maximum absolute atomic E-state index is 10.3. The molecule has 0 aliphatic heterocycles. The number of carbonyl (C=O) groups excluding carboxylic acids is 1. The quantitative estimate of drug-likeness (QED) is 0.564. The molecule has 0 heterocycles. The molecule has 0 saturated carbocycles. The van der Waals surface area contributed by atoms with E-state index in [-0.39, 0.29) is 0 Å². The van der Waals surface area contributed by atoms with E-state index in [1.165, 1.54) is 6.08 Å². The molecule has 1 aromatic carbocycles. The molecule has 0 fully saturated rings. The molecule has 2 atom stereocenters. The molecule has 0 aliphatic carbocycles. The first-order valence-electron chi connectivity index (χ1n) is 4.69. The highest BCUT2D eigenvalue weighted by Crippen LogP contribution is 2.06. The van der Waals surface area contributed by atoms with Gasteiger partial charge in [-0.15, -0.1) is 6.58 Å². The van der Waals surface area contributed by atoms with Crippen LogP contribution >= 0.6 is 0 Å². The number of aliphatic hydroxyl groups is 1. The first-order chi connectivity index (χ1) is 7.27. The molecule has 0 spiro atoms. The lowest BCUT2D eigenvalue weighted by atomic mass is 10.2. The topological polar surface area (TPSA) is 46.5 Å². The van der Waals surface area contributed by atoms with Crippen molar-refractivity contribution in [2.45, 2.75) is 18.8 Å². The molecule has 3 heteroatoms. The van der Waals surface area contributed by atoms with Crippen molar-refractivity contribution in [3.8, 4) is 0 Å². The number of rotatable bonds is 6. The molecule has 15 heavy (non-hydrogen) atoms. The average Bonchev–Trinajstić information content (AvgIpc) is 2.31. The number of ether oxygens (including phenoxy) is 1. The van der Waals surface area contributed by atoms with E-state index in [1.807, 2.05) is 30.3 Å². The number of hydrogen-bond acceptors (Lipinski definition) is 3. The summed E-state index contributed by atoms with van der Waals surface area (Å²) in [5.41, 5.74) is 0.988. The molecule has 0 saturated heterocycles. The maximum atomic E-state index is 10.3. The van der Waals surface area contributed by atoms with Crippen molar-refractivity contribution in [2.75, 3.05) is 0 Å². The van der Waals surface area contributed by atoms with Crippen molar-refractivity contribution in [1.29, 1.82) is 0 Å². The second-order valence-corrected chi connectivity index (χ2v) is 3.12. The predicted octanol–water partition coefficient (Wildman–Crippen LogP) is 1.32. The lowest BCUT2D eigenvalue weighted by Gasteiger charge is -2.15. The van der Waals surface area contributed by atoms with Crippen LogP contribution in [0.3, 0.4) is 0 Å². The van der Waals surface area contributed by atoms with Gasteiger partial charge in [-0.25, -0.2) is 0 Å². The van der Waals surface area contributed by atoms with Crippen molar-refractivity contribution < 1.29 is 14.6 Å². The number of hydrogen-bond donors (Lipinski definition) is 1. The van der Waals surface area contributed by atoms with Gasteiger partial charge in [0.05, 0.1) is 6.61 Å². The van der Waals surface area contributed by atoms with Crippen molar-refractivity contribution in [3.63, 3.8) is 0 Å². The van der Waals surface area contributed by atoms with Gasteiger partial charge in [-0.05, 0) is 5.56 Å². The van der Waals surface area contributed by atoms with Gasteiger partial charge in [0.15, 0.2) is 6.29 Å². The Morgan fingerprint density at radius 2 is 2.07 bits per heavy atom. The van der Waals surface area contributed by atoms with Gasteiger partial charge in [-0.3, -0.25) is 0 Å². The van der Waals surface area contributed by atoms with Crippen LogP contribution in [0.1, 0.15) is 5.56 Å². The third-order valence-corrected chi connectivity index (χ3v) is 1.99. The fourth-order valence-electron chi connectivity index (χ4n) is 1.15. The largest absolute Gasteiger partial charge is 0.383 e. The molecule has 1 rings (SSSR count). The van der Waals surface area contributed by atoms with Crippen LogP contribution in [0.4, 0.5) is 0 Å². The van der Waals surface area contributed by atoms with Gasteiger partial charge in [0, 0.05) is 0 Å². The SMILES string of the molecule is C=C[C@H](OCc1ccccc1)[C@@H](O)C=O. The highest BCUT2D eigenvalue weighted by Gasteiger charge is 2.14. The minimum atomic E-state index is -1.15. The fraction of sp³-hybridized carbons (Fsp3) is 0.250. The van der Waals surface area contributed by atoms with Crippen LogP contribution in [0, 0.1) is 0 Å². The standard InChI is InChI=1S/C12H14O3/c1-2-12(11(14)8-13)15-9-10-6-4-3-5-7-10/h2-8,11-12,14H,1,9H2/t11-,12-/m0/s1. The van der Waals surface area contributed by atoms with Gasteiger partial charge < -0.3 is 14.6 Å². The van der Waals surface area contributed by atoms with E-state index >= 15 is 0 Å². The number of aldehydes is 1. The first kappa shape index (κ1) is 11.6. The summed E-state index contributed by atoms with van der Waals surface area (Å²) in [6.45, 7) is 3.85. The predicted molar refractivity (Wildman–Crippen MR) is 57.3 cm³/mol. The third kappa shape index (κ3) is 3.65. The Morgan fingerprint density at radius 3 is 2.60 bits per heavy atom. The molecular weight excluding hydrogens is 192 g/mol. The highest BCUT2D eigenvalue weighted by molar-refractivity contribution is 5.57. The molecule has 0 amide bonds. The summed E-state index contributed by atoms with van der Waals surface area (Å²) >= 11 is 0. The van der Waals surface area contributed by atoms with Gasteiger partial charge in [-0.1, -0.05) is 36.4 Å². The summed E-state index contributed by atoms with van der Waals surface area (Å²) < 4.78 is 5.33. The lowest BCUT2D eigenvalue weighted by Crippen LogP contribution is -2.28. The normalized spacial score (nSPS) is 14.2. The van der Waals surface area contributed by atoms with E-state index in [0.29, 0.717) is 12.9 Å². The van der Waals surface area contributed by atoms with Gasteiger partial charge in [0.25, 0.3) is 0 Å². The van der Waals surface area contributed by atoms with Gasteiger partial charge in [0.1, 0.15) is 12.2 Å². The second-order valence-electron chi connectivity index (χ2n) is 3.12. The fourth-order valence-corrected chi connectivity index (χ4v) is 1.15. The van der Waals surface area contributed by atoms with Crippen LogP contribution in [0.5, 0.6) is 0 Å². The van der Waals surface area contributed by atoms with Crippen molar-refractivity contribution in [3.05, 3.63) is 48.6 Å². The van der Waals surface area contributed by atoms with E-state index in [4.69, 9.17) is 4.74 Å². The minimum Gasteiger partial charge on any atom is -0.383 e. The van der Waals surface area contributed by atoms with E-state index in [1.54, 1.807) is 0 Å². The van der Waals surface area contributed by atoms with Crippen LogP contribution in [-0.4, -0.2) is 23.6 Å². The summed E-state index contributed by atoms with van der Waals surface area (Å²) in [5, 5.41) is 9.23. The lowest BCUT2D eigenvalue weighted by molar-refractivity contribution is -0.121. The summed E-state index contributed by atoms with van der Waals surface area (Å²) in [6, 6.07) is 9.53. The Bertz CT molecular complexity index is 308. The maximum Gasteiger partial charge on any atom is 0.151 e. The molecule has 0 aliphatic rings. The highest BCUT2D eigenvalue weighted by atomic mass is 16.5. The monoisotopic (exact) mass is 206 g/mol. The van der Waals surface area contributed by atoms with Crippen LogP contribution in [0.15, 0.2) is 43.0 Å². The Labute approximate surface area is 89.0 Å². The van der Waals surface area contributed by atoms with Crippen LogP contribution in [-0.2, 0) is 16.1 Å². The number of benzene rings is 1. The van der Waals surface area contributed by atoms with Crippen LogP contribution in [0.25, 0.3) is 0 Å². The molecule has 0 unspecified atom stereocenters. The number of carbonyl (C=O) groups is 1. The average molecular weight is 206 g/mol. The zero-order valence-electron chi connectivity index (χ0n) is 8.37. The van der Waals surface area contributed by atoms with Gasteiger partial charge >= 0.3 is 0 Å². The first-order valence-corrected chi connectivity index (χ1v) is 4.69. The Morgan fingerprint density at radius 1 is 1.40 bits per heavy atom. The molecule has 3 nitrogen and oxygen atoms in total. The Kier molecular flexibility index (Phi) is 4.74. The van der Waals surface area contributed by atoms with E-state index in [2.05, 4.69) is 6.58 Å². The molecular formula is C12H14O3. The molecule has 0 bridgehead atoms. The van der Waals surface area contributed by atoms with Crippen LogP contribution < -0.4 is 0 Å². The van der Waals surface area contributed by atoms with E-state index in [0.717, 1.165) is 5.56 Å². The zero-order chi connectivity index (χ0) is 11.1. The third-order valence-electron chi connectivity index (χ3n) is 1.99. The smallest absolute Gasteiger partial charge is 0.151 e. The zero-order valence-corrected chi connectivity index (χ0v) is 8.37. The van der Waals surface area contributed by atoms with Gasteiger partial charge in [0.2, 0.25) is 0 Å².